The van der Waals surface area contributed by atoms with Gasteiger partial charge in [0.25, 0.3) is 5.69 Å². The van der Waals surface area contributed by atoms with Gasteiger partial charge >= 0.3 is 0 Å². The van der Waals surface area contributed by atoms with Gasteiger partial charge in [-0.1, -0.05) is 48.0 Å². The molecule has 30 heavy (non-hydrogen) atoms. The van der Waals surface area contributed by atoms with Gasteiger partial charge in [0.05, 0.1) is 11.1 Å². The number of halogens is 1. The molecule has 0 unspecified atom stereocenters. The highest BCUT2D eigenvalue weighted by molar-refractivity contribution is 6.32. The Balaban J connectivity index is 1.74. The summed E-state index contributed by atoms with van der Waals surface area (Å²) in [4.78, 5) is 25.2. The van der Waals surface area contributed by atoms with Crippen LogP contribution in [-0.2, 0) is 6.54 Å². The van der Waals surface area contributed by atoms with E-state index in [1.54, 1.807) is 11.0 Å². The van der Waals surface area contributed by atoms with Crippen molar-refractivity contribution in [3.05, 3.63) is 74.8 Å². The van der Waals surface area contributed by atoms with Crippen molar-refractivity contribution in [3.63, 3.8) is 0 Å². The average Bonchev–Trinajstić information content (AvgIpc) is 2.74. The van der Waals surface area contributed by atoms with Crippen LogP contribution in [0, 0.1) is 10.1 Å². The summed E-state index contributed by atoms with van der Waals surface area (Å²) in [6, 6.07) is 14.2. The summed E-state index contributed by atoms with van der Waals surface area (Å²) in [5, 5.41) is 18.3. The summed E-state index contributed by atoms with van der Waals surface area (Å²) in [6.45, 7) is 0.550. The van der Waals surface area contributed by atoms with E-state index in [-0.39, 0.29) is 16.7 Å². The molecule has 11 heteroatoms. The van der Waals surface area contributed by atoms with E-state index < -0.39 is 4.92 Å². The van der Waals surface area contributed by atoms with Gasteiger partial charge in [0.2, 0.25) is 17.8 Å². The van der Waals surface area contributed by atoms with E-state index in [4.69, 9.17) is 11.6 Å². The molecule has 2 aromatic carbocycles. The molecule has 0 atom stereocenters. The van der Waals surface area contributed by atoms with E-state index >= 15 is 0 Å². The molecule has 0 saturated heterocycles. The first-order chi connectivity index (χ1) is 14.4. The Morgan fingerprint density at radius 2 is 1.87 bits per heavy atom. The lowest BCUT2D eigenvalue weighted by molar-refractivity contribution is -0.384. The predicted octanol–water partition coefficient (Wildman–Crippen LogP) is 3.56. The average molecular weight is 427 g/mol. The summed E-state index contributed by atoms with van der Waals surface area (Å²) in [6.07, 6.45) is 1.42. The summed E-state index contributed by atoms with van der Waals surface area (Å²) in [5.74, 6) is 1.06. The molecular weight excluding hydrogens is 408 g/mol. The number of hydrazone groups is 1. The topological polar surface area (TPSA) is 121 Å². The number of aromatic nitrogens is 3. The molecule has 0 amide bonds. The molecule has 154 valence electrons. The molecule has 1 aromatic heterocycles. The van der Waals surface area contributed by atoms with Gasteiger partial charge in [-0.2, -0.15) is 20.1 Å². The fourth-order valence-corrected chi connectivity index (χ4v) is 2.57. The zero-order chi connectivity index (χ0) is 21.5. The number of nitrogens with one attached hydrogen (secondary N) is 2. The molecule has 0 aliphatic heterocycles. The Kier molecular flexibility index (Phi) is 6.71. The van der Waals surface area contributed by atoms with E-state index in [0.29, 0.717) is 24.0 Å². The number of anilines is 3. The van der Waals surface area contributed by atoms with Crippen molar-refractivity contribution in [2.45, 2.75) is 6.54 Å². The standard InChI is InChI=1S/C19H19ClN8O2/c1-27(2)19-24-17(21-11-13-6-4-3-5-7-13)23-18(25-19)26-22-12-14-8-9-15(20)16(10-14)28(29)30/h3-10,12H,11H2,1-2H3,(H2,21,23,24,25,26)/b22-12-. The number of hydrogen-bond donors (Lipinski definition) is 2. The summed E-state index contributed by atoms with van der Waals surface area (Å²) in [7, 11) is 3.63. The molecule has 3 rings (SSSR count). The SMILES string of the molecule is CN(C)c1nc(NCc2ccccc2)nc(N/N=C\c2ccc(Cl)c([N+](=O)[O-])c2)n1. The van der Waals surface area contributed by atoms with E-state index in [1.807, 2.05) is 44.4 Å². The first-order valence-corrected chi connectivity index (χ1v) is 9.24. The van der Waals surface area contributed by atoms with Crippen molar-refractivity contribution in [1.82, 2.24) is 15.0 Å². The largest absolute Gasteiger partial charge is 0.350 e. The third-order valence-corrected chi connectivity index (χ3v) is 4.18. The second kappa shape index (κ2) is 9.61. The van der Waals surface area contributed by atoms with Gasteiger partial charge in [0.1, 0.15) is 5.02 Å². The highest BCUT2D eigenvalue weighted by Gasteiger charge is 2.12. The number of nitro benzene ring substituents is 1. The summed E-state index contributed by atoms with van der Waals surface area (Å²) in [5.41, 5.74) is 4.12. The number of nitrogens with zero attached hydrogens (tertiary/aromatic N) is 6. The monoisotopic (exact) mass is 426 g/mol. The minimum absolute atomic E-state index is 0.0623. The molecule has 0 bridgehead atoms. The van der Waals surface area contributed by atoms with Crippen LogP contribution in [-0.4, -0.2) is 40.2 Å². The van der Waals surface area contributed by atoms with Gasteiger partial charge in [-0.3, -0.25) is 10.1 Å². The molecule has 2 N–H and O–H groups in total. The maximum atomic E-state index is 11.0. The second-order valence-electron chi connectivity index (χ2n) is 6.35. The third-order valence-electron chi connectivity index (χ3n) is 3.86. The highest BCUT2D eigenvalue weighted by Crippen LogP contribution is 2.24. The zero-order valence-corrected chi connectivity index (χ0v) is 17.0. The molecule has 10 nitrogen and oxygen atoms in total. The lowest BCUT2D eigenvalue weighted by Gasteiger charge is -2.13. The van der Waals surface area contributed by atoms with Crippen molar-refractivity contribution in [2.24, 2.45) is 5.10 Å². The smallest absolute Gasteiger partial charge is 0.288 e. The fourth-order valence-electron chi connectivity index (χ4n) is 2.39. The van der Waals surface area contributed by atoms with Crippen LogP contribution in [0.3, 0.4) is 0 Å². The van der Waals surface area contributed by atoms with Gasteiger partial charge in [-0.25, -0.2) is 5.43 Å². The van der Waals surface area contributed by atoms with Gasteiger partial charge in [0.15, 0.2) is 0 Å². The number of nitro groups is 1. The quantitative estimate of drug-likeness (QED) is 0.318. The molecule has 3 aromatic rings. The van der Waals surface area contributed by atoms with Gasteiger partial charge in [-0.05, 0) is 11.6 Å². The minimum atomic E-state index is -0.548. The zero-order valence-electron chi connectivity index (χ0n) is 16.3. The molecular formula is C19H19ClN8O2. The van der Waals surface area contributed by atoms with Crippen molar-refractivity contribution in [3.8, 4) is 0 Å². The normalized spacial score (nSPS) is 10.8. The first kappa shape index (κ1) is 20.9. The van der Waals surface area contributed by atoms with Crippen molar-refractivity contribution in [2.75, 3.05) is 29.7 Å². The number of benzene rings is 2. The molecule has 0 aliphatic rings. The lowest BCUT2D eigenvalue weighted by Crippen LogP contribution is -2.16. The fraction of sp³-hybridized carbons (Fsp3) is 0.158. The molecule has 0 fully saturated rings. The van der Waals surface area contributed by atoms with E-state index in [2.05, 4.69) is 30.8 Å². The molecule has 0 saturated carbocycles. The maximum Gasteiger partial charge on any atom is 0.288 e. The van der Waals surface area contributed by atoms with Crippen LogP contribution in [0.4, 0.5) is 23.5 Å². The first-order valence-electron chi connectivity index (χ1n) is 8.86. The molecule has 0 aliphatic carbocycles. The number of rotatable bonds is 8. The van der Waals surface area contributed by atoms with Crippen molar-refractivity contribution in [1.29, 1.82) is 0 Å². The van der Waals surface area contributed by atoms with Crippen LogP contribution in [0.2, 0.25) is 5.02 Å². The molecule has 1 heterocycles. The Morgan fingerprint density at radius 1 is 1.13 bits per heavy atom. The Labute approximate surface area is 177 Å². The molecule has 0 radical (unpaired) electrons. The molecule has 0 spiro atoms. The maximum absolute atomic E-state index is 11.0. The Bertz CT molecular complexity index is 1060. The second-order valence-corrected chi connectivity index (χ2v) is 6.76. The Morgan fingerprint density at radius 3 is 2.57 bits per heavy atom. The minimum Gasteiger partial charge on any atom is -0.350 e. The predicted molar refractivity (Wildman–Crippen MR) is 117 cm³/mol. The van der Waals surface area contributed by atoms with Gasteiger partial charge in [0, 0.05) is 32.3 Å². The van der Waals surface area contributed by atoms with Gasteiger partial charge < -0.3 is 10.2 Å². The Hall–Kier alpha value is -3.79. The van der Waals surface area contributed by atoms with E-state index in [0.717, 1.165) is 5.56 Å². The highest BCUT2D eigenvalue weighted by atomic mass is 35.5. The summed E-state index contributed by atoms with van der Waals surface area (Å²) >= 11 is 5.82. The lowest BCUT2D eigenvalue weighted by atomic mass is 10.2. The van der Waals surface area contributed by atoms with Crippen LogP contribution >= 0.6 is 11.6 Å². The van der Waals surface area contributed by atoms with Crippen molar-refractivity contribution < 1.29 is 4.92 Å². The van der Waals surface area contributed by atoms with Crippen LogP contribution < -0.4 is 15.6 Å². The van der Waals surface area contributed by atoms with Crippen molar-refractivity contribution >= 4 is 41.3 Å². The van der Waals surface area contributed by atoms with Crippen LogP contribution in [0.25, 0.3) is 0 Å². The summed E-state index contributed by atoms with van der Waals surface area (Å²) < 4.78 is 0. The van der Waals surface area contributed by atoms with E-state index in [9.17, 15) is 10.1 Å². The van der Waals surface area contributed by atoms with E-state index in [1.165, 1.54) is 18.3 Å². The van der Waals surface area contributed by atoms with Crippen LogP contribution in [0.5, 0.6) is 0 Å². The van der Waals surface area contributed by atoms with Crippen LogP contribution in [0.15, 0.2) is 53.6 Å². The van der Waals surface area contributed by atoms with Crippen LogP contribution in [0.1, 0.15) is 11.1 Å². The van der Waals surface area contributed by atoms with Gasteiger partial charge in [-0.15, -0.1) is 0 Å². The third kappa shape index (κ3) is 5.61. The number of hydrogen-bond acceptors (Lipinski definition) is 9.